The molecular formula is C23H19FN2O4S. The first-order valence-electron chi connectivity index (χ1n) is 9.54. The fourth-order valence-electron chi connectivity index (χ4n) is 2.93. The summed E-state index contributed by atoms with van der Waals surface area (Å²) in [4.78, 5) is 4.17. The Morgan fingerprint density at radius 1 is 0.968 bits per heavy atom. The van der Waals surface area contributed by atoms with Crippen LogP contribution in [-0.4, -0.2) is 20.0 Å². The van der Waals surface area contributed by atoms with Gasteiger partial charge in [-0.3, -0.25) is 0 Å². The molecule has 0 unspecified atom stereocenters. The van der Waals surface area contributed by atoms with E-state index in [1.807, 2.05) is 13.0 Å². The van der Waals surface area contributed by atoms with Gasteiger partial charge in [0.2, 0.25) is 26.6 Å². The maximum atomic E-state index is 13.3. The van der Waals surface area contributed by atoms with Gasteiger partial charge in [-0.2, -0.15) is 4.98 Å². The predicted molar refractivity (Wildman–Crippen MR) is 115 cm³/mol. The van der Waals surface area contributed by atoms with Gasteiger partial charge >= 0.3 is 0 Å². The number of aromatic nitrogens is 1. The number of benzene rings is 3. The van der Waals surface area contributed by atoms with Gasteiger partial charge < -0.3 is 14.5 Å². The van der Waals surface area contributed by atoms with Crippen molar-refractivity contribution in [2.45, 2.75) is 16.8 Å². The van der Waals surface area contributed by atoms with Crippen molar-refractivity contribution in [2.24, 2.45) is 0 Å². The predicted octanol–water partition coefficient (Wildman–Crippen LogP) is 5.46. The number of nitrogens with one attached hydrogen (secondary N) is 1. The molecule has 4 rings (SSSR count). The first-order valence-corrected chi connectivity index (χ1v) is 11.0. The average molecular weight is 438 g/mol. The summed E-state index contributed by atoms with van der Waals surface area (Å²) in [5, 5.41) is 2.70. The van der Waals surface area contributed by atoms with E-state index >= 15 is 0 Å². The van der Waals surface area contributed by atoms with E-state index in [9.17, 15) is 12.8 Å². The van der Waals surface area contributed by atoms with Crippen LogP contribution in [0.1, 0.15) is 6.92 Å². The standard InChI is InChI=1S/C23H19FN2O4S/c1-2-29-19-12-10-18(11-13-19)25-22-23(26-21(30-22)16-6-4-3-5-7-16)31(27,28)20-14-8-17(24)9-15-20/h3-15,25H,2H2,1H3. The molecule has 0 saturated heterocycles. The van der Waals surface area contributed by atoms with Gasteiger partial charge in [-0.25, -0.2) is 12.8 Å². The molecule has 6 nitrogen and oxygen atoms in total. The summed E-state index contributed by atoms with van der Waals surface area (Å²) in [6, 6.07) is 20.5. The highest BCUT2D eigenvalue weighted by Crippen LogP contribution is 2.34. The zero-order valence-electron chi connectivity index (χ0n) is 16.6. The molecule has 158 valence electrons. The highest BCUT2D eigenvalue weighted by Gasteiger charge is 2.28. The Bertz CT molecular complexity index is 1270. The van der Waals surface area contributed by atoms with E-state index in [2.05, 4.69) is 10.3 Å². The molecule has 8 heteroatoms. The van der Waals surface area contributed by atoms with E-state index in [-0.39, 0.29) is 21.7 Å². The van der Waals surface area contributed by atoms with Gasteiger partial charge in [0.05, 0.1) is 11.5 Å². The van der Waals surface area contributed by atoms with Crippen LogP contribution in [-0.2, 0) is 9.84 Å². The summed E-state index contributed by atoms with van der Waals surface area (Å²) in [6.07, 6.45) is 0. The Hall–Kier alpha value is -3.65. The van der Waals surface area contributed by atoms with E-state index in [4.69, 9.17) is 9.15 Å². The van der Waals surface area contributed by atoms with Crippen LogP contribution in [0.25, 0.3) is 11.5 Å². The topological polar surface area (TPSA) is 81.4 Å². The molecule has 31 heavy (non-hydrogen) atoms. The molecule has 0 aliphatic rings. The third-order valence-electron chi connectivity index (χ3n) is 4.42. The minimum absolute atomic E-state index is 0.0349. The van der Waals surface area contributed by atoms with Gasteiger partial charge in [-0.1, -0.05) is 18.2 Å². The quantitative estimate of drug-likeness (QED) is 0.386. The van der Waals surface area contributed by atoms with E-state index in [0.29, 0.717) is 23.6 Å². The van der Waals surface area contributed by atoms with Crippen LogP contribution in [0.5, 0.6) is 5.75 Å². The van der Waals surface area contributed by atoms with E-state index in [1.165, 1.54) is 12.1 Å². The minimum Gasteiger partial charge on any atom is -0.494 e. The minimum atomic E-state index is -4.07. The molecule has 0 radical (unpaired) electrons. The third-order valence-corrected chi connectivity index (χ3v) is 6.10. The molecule has 1 heterocycles. The lowest BCUT2D eigenvalue weighted by Crippen LogP contribution is -2.05. The number of halogens is 1. The maximum absolute atomic E-state index is 13.3. The van der Waals surface area contributed by atoms with Gasteiger partial charge in [-0.15, -0.1) is 0 Å². The monoisotopic (exact) mass is 438 g/mol. The number of nitrogens with zero attached hydrogens (tertiary/aromatic N) is 1. The van der Waals surface area contributed by atoms with Crippen LogP contribution >= 0.6 is 0 Å². The lowest BCUT2D eigenvalue weighted by atomic mass is 10.2. The zero-order chi connectivity index (χ0) is 21.8. The van der Waals surface area contributed by atoms with Crippen LogP contribution in [0.2, 0.25) is 0 Å². The normalized spacial score (nSPS) is 11.3. The summed E-state index contributed by atoms with van der Waals surface area (Å²) < 4.78 is 51.0. The molecule has 0 amide bonds. The molecule has 0 spiro atoms. The second-order valence-electron chi connectivity index (χ2n) is 6.56. The van der Waals surface area contributed by atoms with Gasteiger partial charge in [0.15, 0.2) is 0 Å². The van der Waals surface area contributed by atoms with Crippen molar-refractivity contribution < 1.29 is 22.0 Å². The molecule has 4 aromatic rings. The van der Waals surface area contributed by atoms with Crippen molar-refractivity contribution in [3.05, 3.63) is 84.7 Å². The lowest BCUT2D eigenvalue weighted by Gasteiger charge is -2.07. The molecule has 0 bridgehead atoms. The molecule has 0 aliphatic heterocycles. The molecule has 0 atom stereocenters. The summed E-state index contributed by atoms with van der Waals surface area (Å²) in [7, 11) is -4.07. The first kappa shape index (κ1) is 20.6. The molecule has 0 saturated carbocycles. The first-order chi connectivity index (χ1) is 15.0. The largest absolute Gasteiger partial charge is 0.494 e. The van der Waals surface area contributed by atoms with E-state index in [0.717, 1.165) is 12.1 Å². The fourth-order valence-corrected chi connectivity index (χ4v) is 4.19. The van der Waals surface area contributed by atoms with Crippen molar-refractivity contribution >= 4 is 21.4 Å². The molecule has 3 aromatic carbocycles. The number of rotatable bonds is 7. The lowest BCUT2D eigenvalue weighted by molar-refractivity contribution is 0.340. The maximum Gasteiger partial charge on any atom is 0.238 e. The van der Waals surface area contributed by atoms with Crippen molar-refractivity contribution in [3.63, 3.8) is 0 Å². The van der Waals surface area contributed by atoms with E-state index < -0.39 is 15.7 Å². The van der Waals surface area contributed by atoms with Crippen LogP contribution in [0, 0.1) is 5.82 Å². The van der Waals surface area contributed by atoms with Crippen LogP contribution in [0.4, 0.5) is 16.0 Å². The van der Waals surface area contributed by atoms with Gasteiger partial charge in [-0.05, 0) is 67.6 Å². The van der Waals surface area contributed by atoms with E-state index in [1.54, 1.807) is 48.5 Å². The van der Waals surface area contributed by atoms with Crippen LogP contribution < -0.4 is 10.1 Å². The number of sulfone groups is 1. The van der Waals surface area contributed by atoms with Crippen molar-refractivity contribution in [1.29, 1.82) is 0 Å². The average Bonchev–Trinajstić information content (AvgIpc) is 3.21. The zero-order valence-corrected chi connectivity index (χ0v) is 17.4. The molecule has 1 aromatic heterocycles. The summed E-state index contributed by atoms with van der Waals surface area (Å²) in [5.74, 6) is 0.272. The molecule has 0 aliphatic carbocycles. The highest BCUT2D eigenvalue weighted by molar-refractivity contribution is 7.91. The van der Waals surface area contributed by atoms with Gasteiger partial charge in [0, 0.05) is 11.3 Å². The number of hydrogen-bond acceptors (Lipinski definition) is 6. The summed E-state index contributed by atoms with van der Waals surface area (Å²) in [6.45, 7) is 2.42. The van der Waals surface area contributed by atoms with Crippen molar-refractivity contribution in [1.82, 2.24) is 4.98 Å². The second kappa shape index (κ2) is 8.61. The Morgan fingerprint density at radius 2 is 1.65 bits per heavy atom. The van der Waals surface area contributed by atoms with Crippen molar-refractivity contribution in [2.75, 3.05) is 11.9 Å². The highest BCUT2D eigenvalue weighted by atomic mass is 32.2. The number of oxazole rings is 1. The van der Waals surface area contributed by atoms with Crippen LogP contribution in [0.15, 0.2) is 93.2 Å². The number of anilines is 2. The Balaban J connectivity index is 1.77. The summed E-state index contributed by atoms with van der Waals surface area (Å²) >= 11 is 0. The smallest absolute Gasteiger partial charge is 0.238 e. The molecule has 0 fully saturated rings. The van der Waals surface area contributed by atoms with Gasteiger partial charge in [0.25, 0.3) is 0 Å². The fraction of sp³-hybridized carbons (Fsp3) is 0.0870. The second-order valence-corrected chi connectivity index (χ2v) is 8.42. The van der Waals surface area contributed by atoms with Gasteiger partial charge in [0.1, 0.15) is 11.6 Å². The summed E-state index contributed by atoms with van der Waals surface area (Å²) in [5.41, 5.74) is 1.22. The molecular weight excluding hydrogens is 419 g/mol. The number of ether oxygens (including phenoxy) is 1. The Kier molecular flexibility index (Phi) is 5.73. The third kappa shape index (κ3) is 4.44. The molecule has 1 N–H and O–H groups in total. The van der Waals surface area contributed by atoms with Crippen molar-refractivity contribution in [3.8, 4) is 17.2 Å². The van der Waals surface area contributed by atoms with Crippen LogP contribution in [0.3, 0.4) is 0 Å². The number of hydrogen-bond donors (Lipinski definition) is 1. The SMILES string of the molecule is CCOc1ccc(Nc2oc(-c3ccccc3)nc2S(=O)(=O)c2ccc(F)cc2)cc1. The Labute approximate surface area is 179 Å². The Morgan fingerprint density at radius 3 is 2.29 bits per heavy atom.